The predicted molar refractivity (Wildman–Crippen MR) is 313 cm³/mol. The zero-order chi connectivity index (χ0) is 58.8. The third-order valence-corrected chi connectivity index (χ3v) is 15.1. The average molecular weight is 1150 g/mol. The van der Waals surface area contributed by atoms with Crippen molar-refractivity contribution in [3.05, 3.63) is 181 Å². The number of hydrogen-bond acceptors (Lipinski definition) is 9. The first-order valence-corrected chi connectivity index (χ1v) is 29.0. The number of nitrogens with one attached hydrogen (secondary N) is 2. The zero-order valence-electron chi connectivity index (χ0n) is 45.9. The molecule has 0 aliphatic carbocycles. The van der Waals surface area contributed by atoms with Crippen LogP contribution in [-0.4, -0.2) is 95.6 Å². The minimum Gasteiger partial charge on any atom is -0.375 e. The van der Waals surface area contributed by atoms with Gasteiger partial charge in [0.05, 0.1) is 15.9 Å². The molecular formula is C58H76ClF6N7O4S2. The summed E-state index contributed by atoms with van der Waals surface area (Å²) in [6.07, 6.45) is 4.03. The molecule has 0 radical (unpaired) electrons. The number of allylic oxidation sites excluding steroid dienone is 5. The summed E-state index contributed by atoms with van der Waals surface area (Å²) in [7, 11) is -6.37. The maximum Gasteiger partial charge on any atom is 0.271 e. The lowest BCUT2D eigenvalue weighted by atomic mass is 10.1. The number of alkyl halides is 4. The molecule has 0 atom stereocenters. The van der Waals surface area contributed by atoms with E-state index in [1.165, 1.54) is 36.4 Å². The quantitative estimate of drug-likeness (QED) is 0.0813. The number of piperazine rings is 2. The van der Waals surface area contributed by atoms with Crippen LogP contribution in [-0.2, 0) is 20.0 Å². The van der Waals surface area contributed by atoms with Crippen LogP contribution in [0, 0.1) is 5.82 Å². The largest absolute Gasteiger partial charge is 0.375 e. The Balaban J connectivity index is 0.000000391. The Morgan fingerprint density at radius 1 is 0.679 bits per heavy atom. The van der Waals surface area contributed by atoms with Gasteiger partial charge in [0.15, 0.2) is 0 Å². The van der Waals surface area contributed by atoms with Crippen LogP contribution in [0.15, 0.2) is 169 Å². The van der Waals surface area contributed by atoms with Gasteiger partial charge < -0.3 is 25.3 Å². The molecule has 2 aromatic heterocycles. The van der Waals surface area contributed by atoms with Gasteiger partial charge in [0.1, 0.15) is 16.5 Å². The first-order valence-electron chi connectivity index (χ1n) is 25.7. The van der Waals surface area contributed by atoms with Crippen molar-refractivity contribution in [1.29, 1.82) is 0 Å². The molecule has 6 aromatic rings. The van der Waals surface area contributed by atoms with Gasteiger partial charge in [-0.3, -0.25) is 0 Å². The van der Waals surface area contributed by atoms with E-state index in [0.717, 1.165) is 121 Å². The van der Waals surface area contributed by atoms with Crippen molar-refractivity contribution in [2.75, 3.05) is 75.8 Å². The van der Waals surface area contributed by atoms with E-state index in [2.05, 4.69) is 60.7 Å². The molecule has 4 heterocycles. The van der Waals surface area contributed by atoms with E-state index in [0.29, 0.717) is 0 Å². The zero-order valence-corrected chi connectivity index (χ0v) is 48.3. The number of aromatic nitrogens is 2. The predicted octanol–water partition coefficient (Wildman–Crippen LogP) is 14.6. The van der Waals surface area contributed by atoms with E-state index in [1.54, 1.807) is 42.5 Å². The Labute approximate surface area is 464 Å². The van der Waals surface area contributed by atoms with Crippen LogP contribution in [0.2, 0.25) is 5.02 Å². The van der Waals surface area contributed by atoms with Crippen LogP contribution in [0.25, 0.3) is 21.8 Å². The fourth-order valence-electron chi connectivity index (χ4n) is 7.85. The molecule has 11 nitrogen and oxygen atoms in total. The van der Waals surface area contributed by atoms with Crippen LogP contribution in [0.5, 0.6) is 0 Å². The summed E-state index contributed by atoms with van der Waals surface area (Å²) >= 11 is 5.91. The fourth-order valence-corrected chi connectivity index (χ4v) is 11.0. The second-order valence-corrected chi connectivity index (χ2v) is 20.3. The third-order valence-electron chi connectivity index (χ3n) is 11.4. The lowest BCUT2D eigenvalue weighted by molar-refractivity contribution is 0.152. The van der Waals surface area contributed by atoms with Gasteiger partial charge in [-0.25, -0.2) is 51.1 Å². The van der Waals surface area contributed by atoms with Crippen molar-refractivity contribution in [2.24, 2.45) is 0 Å². The van der Waals surface area contributed by atoms with E-state index in [1.807, 2.05) is 58.6 Å². The van der Waals surface area contributed by atoms with Crippen molar-refractivity contribution >= 4 is 64.8 Å². The minimum atomic E-state index is -4.36. The van der Waals surface area contributed by atoms with Gasteiger partial charge >= 0.3 is 0 Å². The molecule has 2 saturated heterocycles. The highest BCUT2D eigenvalue weighted by molar-refractivity contribution is 7.90. The first kappa shape index (κ1) is 67.9. The molecule has 2 N–H and O–H groups in total. The van der Waals surface area contributed by atoms with Crippen LogP contribution in [0.3, 0.4) is 0 Å². The smallest absolute Gasteiger partial charge is 0.271 e. The molecule has 4 aromatic carbocycles. The lowest BCUT2D eigenvalue weighted by Crippen LogP contribution is -2.43. The number of benzene rings is 4. The molecule has 8 rings (SSSR count). The molecule has 0 bridgehead atoms. The van der Waals surface area contributed by atoms with Crippen molar-refractivity contribution in [1.82, 2.24) is 23.5 Å². The van der Waals surface area contributed by atoms with Gasteiger partial charge in [-0.2, -0.15) is 0 Å². The molecule has 2 aliphatic heterocycles. The Morgan fingerprint density at radius 3 is 1.51 bits per heavy atom. The first-order chi connectivity index (χ1) is 37.3. The number of likely N-dealkylation sites (N-methyl/N-ethyl adjacent to an activating group) is 1. The van der Waals surface area contributed by atoms with Crippen molar-refractivity contribution < 1.29 is 43.2 Å². The topological polar surface area (TPSA) is 112 Å². The molecule has 0 unspecified atom stereocenters. The summed E-state index contributed by atoms with van der Waals surface area (Å²) in [6.45, 7) is 34.7. The molecule has 78 heavy (non-hydrogen) atoms. The normalized spacial score (nSPS) is 13.3. The number of anilines is 2. The van der Waals surface area contributed by atoms with E-state index < -0.39 is 55.0 Å². The minimum absolute atomic E-state index is 0.0519. The standard InChI is InChI=1S/C19H18ClF2N3O2S.C19H18F3N3O2S.C10H17N.C4H5F.3C2H6/c20-13-2-1-3-15(10-13)28(26,27)25-12-17(19(21)22)16-11-14(4-5-18(16)25)24-8-6-23-7-9-24;20-16-3-1-2-4-18(16)28(26,27)25-12-15(19(21)22)14-11-13(5-6-17(14)25)24-9-7-23-8-10-24;1-5-8-10(7-3)11(4)9-6-2;1-3-4(2)5;3*1-2/h1-5,10-12,19,23H,6-9H2;1-6,11-12,19,23H,7-10H2;5,7-8H,1,3,6,9H2,2,4H3;3H,1-2H2;3*1-2H3/b;;10-8+;;;;. The van der Waals surface area contributed by atoms with Gasteiger partial charge in [0, 0.05) is 122 Å². The SMILES string of the molecule is C=C/C=C(\C=C)N(C)CCC.C=CC(=C)F.CC.CC.CC.O=S(=O)(c1cccc(Cl)c1)n1cc(C(F)F)c2cc(N3CCNCC3)ccc21.O=S(=O)(c1ccccc1F)n1cc(C(F)F)c2cc(N3CCNCC3)ccc21. The number of fused-ring (bicyclic) bond motifs is 2. The van der Waals surface area contributed by atoms with Crippen LogP contribution >= 0.6 is 11.6 Å². The Bertz CT molecular complexity index is 3110. The summed E-state index contributed by atoms with van der Waals surface area (Å²) in [5, 5.41) is 7.09. The van der Waals surface area contributed by atoms with Crippen molar-refractivity contribution in [3.8, 4) is 0 Å². The van der Waals surface area contributed by atoms with Crippen LogP contribution < -0.4 is 20.4 Å². The van der Waals surface area contributed by atoms with Gasteiger partial charge in [-0.15, -0.1) is 0 Å². The summed E-state index contributed by atoms with van der Waals surface area (Å²) in [5.74, 6) is -1.41. The van der Waals surface area contributed by atoms with E-state index in [9.17, 15) is 43.2 Å². The molecule has 0 amide bonds. The average Bonchev–Trinajstić information content (AvgIpc) is 4.07. The van der Waals surface area contributed by atoms with Crippen LogP contribution in [0.1, 0.15) is 78.9 Å². The van der Waals surface area contributed by atoms with Gasteiger partial charge in [-0.1, -0.05) is 111 Å². The molecular weight excluding hydrogens is 1070 g/mol. The highest BCUT2D eigenvalue weighted by atomic mass is 35.5. The number of halogens is 7. The monoisotopic (exact) mass is 1150 g/mol. The summed E-state index contributed by atoms with van der Waals surface area (Å²) < 4.78 is 134. The fraction of sp³-hybridized carbons (Fsp3) is 0.345. The maximum absolute atomic E-state index is 14.1. The molecule has 0 spiro atoms. The number of nitrogens with zero attached hydrogens (tertiary/aromatic N) is 5. The lowest BCUT2D eigenvalue weighted by Gasteiger charge is -2.29. The Morgan fingerprint density at radius 2 is 1.13 bits per heavy atom. The van der Waals surface area contributed by atoms with Gasteiger partial charge in [-0.05, 0) is 91.4 Å². The molecule has 2 aliphatic rings. The van der Waals surface area contributed by atoms with Gasteiger partial charge in [0.25, 0.3) is 32.9 Å². The van der Waals surface area contributed by atoms with Gasteiger partial charge in [0.2, 0.25) is 0 Å². The summed E-state index contributed by atoms with van der Waals surface area (Å²) in [5.41, 5.74) is 2.28. The van der Waals surface area contributed by atoms with Crippen LogP contribution in [0.4, 0.5) is 37.7 Å². The van der Waals surface area contributed by atoms with E-state index in [4.69, 9.17) is 11.6 Å². The summed E-state index contributed by atoms with van der Waals surface area (Å²) in [6, 6.07) is 20.4. The molecule has 428 valence electrons. The number of rotatable bonds is 14. The second kappa shape index (κ2) is 33.9. The summed E-state index contributed by atoms with van der Waals surface area (Å²) in [4.78, 5) is 5.69. The Hall–Kier alpha value is -6.25. The Kier molecular flexibility index (Phi) is 29.5. The highest BCUT2D eigenvalue weighted by Crippen LogP contribution is 2.37. The van der Waals surface area contributed by atoms with Crippen molar-refractivity contribution in [3.63, 3.8) is 0 Å². The van der Waals surface area contributed by atoms with E-state index in [-0.39, 0.29) is 37.3 Å². The van der Waals surface area contributed by atoms with Crippen molar-refractivity contribution in [2.45, 2.75) is 77.5 Å². The molecule has 0 saturated carbocycles. The number of hydrogen-bond donors (Lipinski definition) is 2. The molecule has 2 fully saturated rings. The third kappa shape index (κ3) is 18.2. The highest BCUT2D eigenvalue weighted by Gasteiger charge is 2.28. The second-order valence-electron chi connectivity index (χ2n) is 16.2. The maximum atomic E-state index is 14.1. The van der Waals surface area contributed by atoms with E-state index >= 15 is 0 Å². The molecule has 20 heteroatoms.